The van der Waals surface area contributed by atoms with Gasteiger partial charge in [-0.25, -0.2) is 4.79 Å². The number of amides is 1. The molecule has 24 heavy (non-hydrogen) atoms. The molecule has 2 N–H and O–H groups in total. The second-order valence-electron chi connectivity index (χ2n) is 5.82. The maximum Gasteiger partial charge on any atom is 0.325 e. The van der Waals surface area contributed by atoms with E-state index in [1.54, 1.807) is 16.7 Å². The average molecular weight is 345 g/mol. The van der Waals surface area contributed by atoms with Gasteiger partial charge in [0.25, 0.3) is 5.56 Å². The van der Waals surface area contributed by atoms with Crippen LogP contribution in [0.2, 0.25) is 0 Å². The van der Waals surface area contributed by atoms with Crippen LogP contribution in [0.15, 0.2) is 38.8 Å². The topological polar surface area (TPSA) is 95.3 Å². The van der Waals surface area contributed by atoms with Crippen LogP contribution in [-0.4, -0.2) is 32.6 Å². The van der Waals surface area contributed by atoms with Gasteiger partial charge >= 0.3 is 5.69 Å². The average Bonchev–Trinajstić information content (AvgIpc) is 2.99. The van der Waals surface area contributed by atoms with E-state index in [0.29, 0.717) is 17.0 Å². The maximum absolute atomic E-state index is 12.5. The zero-order chi connectivity index (χ0) is 16.7. The van der Waals surface area contributed by atoms with E-state index in [0.717, 1.165) is 10.6 Å². The summed E-state index contributed by atoms with van der Waals surface area (Å²) in [5, 5.41) is 0. The van der Waals surface area contributed by atoms with Gasteiger partial charge in [0.2, 0.25) is 5.91 Å². The molecule has 1 aromatic carbocycles. The summed E-state index contributed by atoms with van der Waals surface area (Å²) >= 11 is 1.67. The van der Waals surface area contributed by atoms with Gasteiger partial charge in [-0.2, -0.15) is 0 Å². The monoisotopic (exact) mass is 345 g/mol. The number of ether oxygens (including phenoxy) is 1. The summed E-state index contributed by atoms with van der Waals surface area (Å²) in [6.45, 7) is 0.473. The van der Waals surface area contributed by atoms with Crippen LogP contribution in [0.5, 0.6) is 5.75 Å². The van der Waals surface area contributed by atoms with Crippen molar-refractivity contribution in [3.05, 3.63) is 56.4 Å². The number of H-pyrrole nitrogens is 2. The molecule has 0 aliphatic carbocycles. The van der Waals surface area contributed by atoms with Gasteiger partial charge in [-0.05, 0) is 12.1 Å². The number of rotatable bonds is 2. The van der Waals surface area contributed by atoms with Crippen LogP contribution >= 0.6 is 11.8 Å². The minimum absolute atomic E-state index is 0.0866. The van der Waals surface area contributed by atoms with Crippen molar-refractivity contribution >= 4 is 17.7 Å². The van der Waals surface area contributed by atoms with E-state index in [1.807, 2.05) is 24.3 Å². The normalized spacial score (nSPS) is 18.7. The predicted molar refractivity (Wildman–Crippen MR) is 88.1 cm³/mol. The Hall–Kier alpha value is -2.48. The van der Waals surface area contributed by atoms with Crippen molar-refractivity contribution in [2.75, 3.05) is 5.75 Å². The molecule has 0 saturated heterocycles. The number of fused-ring (bicyclic) bond motifs is 2. The smallest absolute Gasteiger partial charge is 0.325 e. The van der Waals surface area contributed by atoms with Gasteiger partial charge in [0.05, 0.1) is 25.1 Å². The van der Waals surface area contributed by atoms with Gasteiger partial charge < -0.3 is 14.6 Å². The Balaban J connectivity index is 1.44. The summed E-state index contributed by atoms with van der Waals surface area (Å²) in [7, 11) is 0. The molecular formula is C16H15N3O4S. The first-order valence-electron chi connectivity index (χ1n) is 7.61. The molecule has 8 heteroatoms. The van der Waals surface area contributed by atoms with E-state index < -0.39 is 11.2 Å². The highest BCUT2D eigenvalue weighted by Gasteiger charge is 2.30. The van der Waals surface area contributed by atoms with E-state index in [-0.39, 0.29) is 31.5 Å². The highest BCUT2D eigenvalue weighted by Crippen LogP contribution is 2.36. The van der Waals surface area contributed by atoms with E-state index >= 15 is 0 Å². The first kappa shape index (κ1) is 15.1. The summed E-state index contributed by atoms with van der Waals surface area (Å²) < 4.78 is 5.89. The summed E-state index contributed by atoms with van der Waals surface area (Å²) in [5.74, 6) is 1.43. The molecule has 3 heterocycles. The Labute approximate surface area is 141 Å². The highest BCUT2D eigenvalue weighted by molar-refractivity contribution is 7.99. The van der Waals surface area contributed by atoms with Crippen LogP contribution in [0.25, 0.3) is 0 Å². The molecular weight excluding hydrogens is 330 g/mol. The van der Waals surface area contributed by atoms with Gasteiger partial charge in [-0.3, -0.25) is 14.6 Å². The molecule has 0 bridgehead atoms. The quantitative estimate of drug-likeness (QED) is 0.841. The van der Waals surface area contributed by atoms with Gasteiger partial charge in [0, 0.05) is 16.3 Å². The molecule has 0 fully saturated rings. The fourth-order valence-electron chi connectivity index (χ4n) is 2.96. The minimum atomic E-state index is -0.545. The van der Waals surface area contributed by atoms with Gasteiger partial charge in [-0.1, -0.05) is 12.1 Å². The molecule has 1 atom stereocenters. The summed E-state index contributed by atoms with van der Waals surface area (Å²) in [4.78, 5) is 43.1. The third-order valence-corrected chi connectivity index (χ3v) is 5.34. The van der Waals surface area contributed by atoms with Crippen molar-refractivity contribution in [3.8, 4) is 5.75 Å². The summed E-state index contributed by atoms with van der Waals surface area (Å²) in [6.07, 6.45) is 0.0516. The van der Waals surface area contributed by atoms with Crippen LogP contribution in [0, 0.1) is 0 Å². The van der Waals surface area contributed by atoms with Crippen LogP contribution < -0.4 is 16.0 Å². The molecule has 4 rings (SSSR count). The van der Waals surface area contributed by atoms with Crippen molar-refractivity contribution in [2.24, 2.45) is 0 Å². The number of aromatic nitrogens is 2. The fourth-order valence-corrected chi connectivity index (χ4v) is 3.95. The minimum Gasteiger partial charge on any atom is -0.488 e. The van der Waals surface area contributed by atoms with Crippen molar-refractivity contribution in [2.45, 2.75) is 30.5 Å². The number of thioether (sulfide) groups is 1. The SMILES string of the molecule is O=C(CC1CSc2ccccc2O1)N1Cc2[nH]c(=O)[nH]c(=O)c2C1. The Morgan fingerprint density at radius 1 is 1.25 bits per heavy atom. The molecule has 7 nitrogen and oxygen atoms in total. The Morgan fingerprint density at radius 2 is 2.08 bits per heavy atom. The Kier molecular flexibility index (Phi) is 3.68. The second-order valence-corrected chi connectivity index (χ2v) is 6.88. The number of hydrogen-bond donors (Lipinski definition) is 2. The third-order valence-electron chi connectivity index (χ3n) is 4.15. The molecule has 2 aliphatic heterocycles. The molecule has 124 valence electrons. The van der Waals surface area contributed by atoms with E-state index in [2.05, 4.69) is 9.97 Å². The van der Waals surface area contributed by atoms with E-state index in [4.69, 9.17) is 4.74 Å². The van der Waals surface area contributed by atoms with Crippen LogP contribution in [0.4, 0.5) is 0 Å². The number of nitrogens with one attached hydrogen (secondary N) is 2. The molecule has 0 saturated carbocycles. The lowest BCUT2D eigenvalue weighted by Gasteiger charge is -2.26. The number of carbonyl (C=O) groups is 1. The zero-order valence-electron chi connectivity index (χ0n) is 12.7. The molecule has 0 radical (unpaired) electrons. The summed E-state index contributed by atoms with van der Waals surface area (Å²) in [5.41, 5.74) is -0.00673. The number of hydrogen-bond acceptors (Lipinski definition) is 5. The number of para-hydroxylation sites is 1. The molecule has 1 unspecified atom stereocenters. The molecule has 1 aromatic heterocycles. The summed E-state index contributed by atoms with van der Waals surface area (Å²) in [6, 6.07) is 7.76. The van der Waals surface area contributed by atoms with E-state index in [9.17, 15) is 14.4 Å². The number of aromatic amines is 2. The Bertz CT molecular complexity index is 920. The van der Waals surface area contributed by atoms with Crippen molar-refractivity contribution < 1.29 is 9.53 Å². The van der Waals surface area contributed by atoms with Gasteiger partial charge in [-0.15, -0.1) is 11.8 Å². The largest absolute Gasteiger partial charge is 0.488 e. The van der Waals surface area contributed by atoms with Crippen molar-refractivity contribution in [3.63, 3.8) is 0 Å². The lowest BCUT2D eigenvalue weighted by Crippen LogP contribution is -2.33. The Morgan fingerprint density at radius 3 is 2.96 bits per heavy atom. The fraction of sp³-hybridized carbons (Fsp3) is 0.312. The predicted octanol–water partition coefficient (Wildman–Crippen LogP) is 0.849. The first-order chi connectivity index (χ1) is 11.6. The zero-order valence-corrected chi connectivity index (χ0v) is 13.5. The maximum atomic E-state index is 12.5. The first-order valence-corrected chi connectivity index (χ1v) is 8.59. The van der Waals surface area contributed by atoms with E-state index in [1.165, 1.54) is 0 Å². The van der Waals surface area contributed by atoms with Crippen molar-refractivity contribution in [1.29, 1.82) is 0 Å². The number of benzene rings is 1. The van der Waals surface area contributed by atoms with Crippen LogP contribution in [0.1, 0.15) is 17.7 Å². The van der Waals surface area contributed by atoms with Crippen LogP contribution in [-0.2, 0) is 17.9 Å². The van der Waals surface area contributed by atoms with Crippen molar-refractivity contribution in [1.82, 2.24) is 14.9 Å². The van der Waals surface area contributed by atoms with Crippen LogP contribution in [0.3, 0.4) is 0 Å². The molecule has 2 aromatic rings. The third kappa shape index (κ3) is 2.73. The van der Waals surface area contributed by atoms with Gasteiger partial charge in [0.15, 0.2) is 0 Å². The van der Waals surface area contributed by atoms with Gasteiger partial charge in [0.1, 0.15) is 11.9 Å². The second kappa shape index (κ2) is 5.86. The number of nitrogens with zero attached hydrogens (tertiary/aromatic N) is 1. The molecule has 2 aliphatic rings. The lowest BCUT2D eigenvalue weighted by molar-refractivity contribution is -0.133. The molecule has 1 amide bonds. The highest BCUT2D eigenvalue weighted by atomic mass is 32.2. The standard InChI is InChI=1S/C16H15N3O4S/c20-14(5-9-8-24-13-4-2-1-3-12(13)23-9)19-6-10-11(7-19)17-16(22)18-15(10)21/h1-4,9H,5-8H2,(H2,17,18,21,22). The lowest BCUT2D eigenvalue weighted by atomic mass is 10.2. The number of carbonyl (C=O) groups excluding carboxylic acids is 1. The molecule has 0 spiro atoms.